The van der Waals surface area contributed by atoms with Crippen molar-refractivity contribution in [2.45, 2.75) is 44.8 Å². The molecule has 0 aliphatic rings. The number of rotatable bonds is 5. The second kappa shape index (κ2) is 8.05. The van der Waals surface area contributed by atoms with Crippen LogP contribution in [0.3, 0.4) is 0 Å². The van der Waals surface area contributed by atoms with Crippen molar-refractivity contribution in [2.75, 3.05) is 0 Å². The Morgan fingerprint density at radius 3 is 2.50 bits per heavy atom. The van der Waals surface area contributed by atoms with Crippen molar-refractivity contribution >= 4 is 21.6 Å². The van der Waals surface area contributed by atoms with Gasteiger partial charge in [0.15, 0.2) is 5.76 Å². The van der Waals surface area contributed by atoms with E-state index in [1.54, 1.807) is 19.1 Å². The summed E-state index contributed by atoms with van der Waals surface area (Å²) >= 11 is 5.92. The average Bonchev–Trinajstić information content (AvgIpc) is 3.08. The first kappa shape index (κ1) is 22.3. The number of halogens is 2. The molecule has 2 aromatic heterocycles. The molecular formula is C20H22ClFN4O3S. The van der Waals surface area contributed by atoms with E-state index in [9.17, 15) is 8.42 Å². The highest BCUT2D eigenvalue weighted by Gasteiger charge is 2.30. The lowest BCUT2D eigenvalue weighted by Gasteiger charge is -2.15. The summed E-state index contributed by atoms with van der Waals surface area (Å²) in [5, 5.41) is 4.14. The molecule has 0 amide bonds. The molecule has 1 unspecified atom stereocenters. The summed E-state index contributed by atoms with van der Waals surface area (Å²) < 4.78 is 45.4. The Labute approximate surface area is 179 Å². The van der Waals surface area contributed by atoms with Crippen molar-refractivity contribution in [2.24, 2.45) is 5.14 Å². The molecule has 160 valence electrons. The molecule has 0 radical (unpaired) electrons. The minimum absolute atomic E-state index is 0.00153. The lowest BCUT2D eigenvalue weighted by atomic mass is 9.97. The maximum absolute atomic E-state index is 15.5. The van der Waals surface area contributed by atoms with Gasteiger partial charge in [-0.3, -0.25) is 0 Å². The molecule has 0 spiro atoms. The molecule has 10 heteroatoms. The van der Waals surface area contributed by atoms with Gasteiger partial charge in [0.2, 0.25) is 21.2 Å². The van der Waals surface area contributed by atoms with Crippen LogP contribution in [0.1, 0.15) is 50.8 Å². The Bertz CT molecular complexity index is 1190. The average molecular weight is 453 g/mol. The molecule has 2 N–H and O–H groups in total. The molecule has 3 aromatic rings. The van der Waals surface area contributed by atoms with Gasteiger partial charge >= 0.3 is 0 Å². The molecular weight excluding hydrogens is 431 g/mol. The molecule has 0 saturated carbocycles. The predicted octanol–water partition coefficient (Wildman–Crippen LogP) is 4.63. The van der Waals surface area contributed by atoms with E-state index in [-0.39, 0.29) is 34.3 Å². The van der Waals surface area contributed by atoms with Crippen LogP contribution in [0, 0.1) is 5.82 Å². The van der Waals surface area contributed by atoms with E-state index in [0.717, 1.165) is 0 Å². The van der Waals surface area contributed by atoms with Crippen LogP contribution >= 0.6 is 11.6 Å². The van der Waals surface area contributed by atoms with Crippen molar-refractivity contribution in [1.29, 1.82) is 0 Å². The zero-order valence-corrected chi connectivity index (χ0v) is 18.6. The largest absolute Gasteiger partial charge is 0.438 e. The van der Waals surface area contributed by atoms with Gasteiger partial charge in [0.25, 0.3) is 0 Å². The summed E-state index contributed by atoms with van der Waals surface area (Å²) in [6.45, 7) is 7.34. The zero-order valence-electron chi connectivity index (χ0n) is 17.0. The van der Waals surface area contributed by atoms with Gasteiger partial charge < -0.3 is 4.42 Å². The number of nitrogens with zero attached hydrogens (tertiary/aromatic N) is 3. The number of hydrogen-bond acceptors (Lipinski definition) is 6. The van der Waals surface area contributed by atoms with E-state index < -0.39 is 26.5 Å². The van der Waals surface area contributed by atoms with Gasteiger partial charge in [0.05, 0.1) is 0 Å². The van der Waals surface area contributed by atoms with E-state index in [4.69, 9.17) is 21.2 Å². The molecule has 0 saturated heterocycles. The van der Waals surface area contributed by atoms with Crippen LogP contribution in [0.5, 0.6) is 0 Å². The molecule has 1 aromatic carbocycles. The number of primary sulfonamides is 1. The fourth-order valence-electron chi connectivity index (χ4n) is 3.07. The first-order valence-corrected chi connectivity index (χ1v) is 11.2. The summed E-state index contributed by atoms with van der Waals surface area (Å²) in [7, 11) is -4.00. The van der Waals surface area contributed by atoms with Gasteiger partial charge in [0.1, 0.15) is 22.5 Å². The van der Waals surface area contributed by atoms with Crippen LogP contribution < -0.4 is 5.14 Å². The fraction of sp³-hybridized carbons (Fsp3) is 0.350. The Morgan fingerprint density at radius 1 is 1.23 bits per heavy atom. The summed E-state index contributed by atoms with van der Waals surface area (Å²) in [5.74, 6) is -0.150. The van der Waals surface area contributed by atoms with Crippen molar-refractivity contribution < 1.29 is 17.2 Å². The monoisotopic (exact) mass is 452 g/mol. The lowest BCUT2D eigenvalue weighted by molar-refractivity contribution is 0.398. The van der Waals surface area contributed by atoms with Crippen LogP contribution in [0.2, 0.25) is 5.28 Å². The first-order chi connectivity index (χ1) is 13.9. The van der Waals surface area contributed by atoms with E-state index in [0.29, 0.717) is 11.6 Å². The maximum atomic E-state index is 15.5. The number of hydrogen-bond donors (Lipinski definition) is 1. The number of nitrogens with two attached hydrogens (primary N) is 1. The summed E-state index contributed by atoms with van der Waals surface area (Å²) in [6.07, 6.45) is 1.58. The number of sulfonamides is 1. The van der Waals surface area contributed by atoms with Crippen LogP contribution in [-0.2, 0) is 15.4 Å². The lowest BCUT2D eigenvalue weighted by Crippen LogP contribution is -2.22. The molecule has 3 rings (SSSR count). The quantitative estimate of drug-likeness (QED) is 0.565. The highest BCUT2D eigenvalue weighted by molar-refractivity contribution is 7.89. The Morgan fingerprint density at radius 2 is 1.93 bits per heavy atom. The highest BCUT2D eigenvalue weighted by atomic mass is 35.5. The van der Waals surface area contributed by atoms with Crippen LogP contribution in [-0.4, -0.2) is 23.4 Å². The normalized spacial score (nSPS) is 13.4. The molecule has 0 aliphatic heterocycles. The SMILES string of the molecule is CCC(c1cccc(-c2nc(C(C)(C)C)oc2-c2ccnc(Cl)n2)c1F)S(N)(=O)=O. The molecule has 0 fully saturated rings. The smallest absolute Gasteiger partial charge is 0.222 e. The fourth-order valence-corrected chi connectivity index (χ4v) is 4.22. The summed E-state index contributed by atoms with van der Waals surface area (Å²) in [4.78, 5) is 12.5. The minimum atomic E-state index is -4.00. The van der Waals surface area contributed by atoms with Gasteiger partial charge in [-0.2, -0.15) is 0 Å². The highest BCUT2D eigenvalue weighted by Crippen LogP contribution is 2.39. The van der Waals surface area contributed by atoms with Crippen molar-refractivity contribution in [3.63, 3.8) is 0 Å². The second-order valence-corrected chi connectivity index (χ2v) is 9.94. The van der Waals surface area contributed by atoms with Crippen molar-refractivity contribution in [1.82, 2.24) is 15.0 Å². The van der Waals surface area contributed by atoms with E-state index >= 15 is 4.39 Å². The van der Waals surface area contributed by atoms with E-state index in [2.05, 4.69) is 15.0 Å². The van der Waals surface area contributed by atoms with Crippen molar-refractivity contribution in [3.05, 3.63) is 53.0 Å². The van der Waals surface area contributed by atoms with Gasteiger partial charge in [0, 0.05) is 22.7 Å². The maximum Gasteiger partial charge on any atom is 0.222 e. The Balaban J connectivity index is 2.28. The van der Waals surface area contributed by atoms with Crippen LogP contribution in [0.15, 0.2) is 34.9 Å². The number of aromatic nitrogens is 3. The summed E-state index contributed by atoms with van der Waals surface area (Å²) in [5.41, 5.74) is 0.113. The van der Waals surface area contributed by atoms with Gasteiger partial charge in [-0.15, -0.1) is 0 Å². The van der Waals surface area contributed by atoms with Crippen LogP contribution in [0.25, 0.3) is 22.7 Å². The molecule has 0 aliphatic carbocycles. The van der Waals surface area contributed by atoms with E-state index in [1.165, 1.54) is 18.3 Å². The second-order valence-electron chi connectivity index (χ2n) is 7.85. The molecule has 1 atom stereocenters. The summed E-state index contributed by atoms with van der Waals surface area (Å²) in [6, 6.07) is 6.04. The molecule has 7 nitrogen and oxygen atoms in total. The minimum Gasteiger partial charge on any atom is -0.438 e. The predicted molar refractivity (Wildman–Crippen MR) is 113 cm³/mol. The third kappa shape index (κ3) is 4.38. The van der Waals surface area contributed by atoms with Gasteiger partial charge in [-0.05, 0) is 30.2 Å². The van der Waals surface area contributed by atoms with Crippen molar-refractivity contribution in [3.8, 4) is 22.7 Å². The Kier molecular flexibility index (Phi) is 5.99. The molecule has 30 heavy (non-hydrogen) atoms. The molecule has 2 heterocycles. The van der Waals surface area contributed by atoms with Crippen LogP contribution in [0.4, 0.5) is 4.39 Å². The number of benzene rings is 1. The first-order valence-electron chi connectivity index (χ1n) is 9.24. The van der Waals surface area contributed by atoms with Gasteiger partial charge in [-0.25, -0.2) is 32.9 Å². The van der Waals surface area contributed by atoms with Gasteiger partial charge in [-0.1, -0.05) is 39.8 Å². The number of oxazole rings is 1. The zero-order chi connectivity index (χ0) is 22.3. The standard InChI is InChI=1S/C20H22ClFN4O3S/c1-5-14(30(23,27)28)11-7-6-8-12(15(11)22)16-17(13-9-10-24-19(21)25-13)29-18(26-16)20(2,3)4/h6-10,14H,5H2,1-4H3,(H2,23,27,28). The third-order valence-electron chi connectivity index (χ3n) is 4.53. The molecule has 0 bridgehead atoms. The van der Waals surface area contributed by atoms with E-state index in [1.807, 2.05) is 20.8 Å². The third-order valence-corrected chi connectivity index (χ3v) is 6.09. The topological polar surface area (TPSA) is 112 Å². The Hall–Kier alpha value is -2.36.